The Morgan fingerprint density at radius 3 is 2.68 bits per heavy atom. The molecule has 1 heterocycles. The molecule has 0 saturated carbocycles. The molecule has 0 fully saturated rings. The van der Waals surface area contributed by atoms with Crippen molar-refractivity contribution in [3.8, 4) is 0 Å². The molecular formula is C16H18FN3O2. The molecule has 1 aromatic carbocycles. The van der Waals surface area contributed by atoms with Crippen molar-refractivity contribution < 1.29 is 13.9 Å². The lowest BCUT2D eigenvalue weighted by Gasteiger charge is -2.23. The second-order valence-corrected chi connectivity index (χ2v) is 4.68. The Morgan fingerprint density at radius 1 is 1.27 bits per heavy atom. The van der Waals surface area contributed by atoms with Crippen molar-refractivity contribution in [2.24, 2.45) is 0 Å². The van der Waals surface area contributed by atoms with E-state index in [9.17, 15) is 9.18 Å². The Kier molecular flexibility index (Phi) is 5.85. The molecule has 0 atom stereocenters. The average molecular weight is 303 g/mol. The minimum absolute atomic E-state index is 0.157. The van der Waals surface area contributed by atoms with Crippen molar-refractivity contribution in [1.29, 1.82) is 0 Å². The standard InChI is InChI=1S/C16H18FN3O2/c1-22-11-10-20(12-13-6-8-18-9-7-13)16(21)19-15-5-3-2-4-14(15)17/h2-9H,10-12H2,1H3,(H,19,21). The molecule has 0 saturated heterocycles. The number of halogens is 1. The summed E-state index contributed by atoms with van der Waals surface area (Å²) in [5, 5.41) is 2.58. The van der Waals surface area contributed by atoms with Crippen LogP contribution in [0.3, 0.4) is 0 Å². The van der Waals surface area contributed by atoms with E-state index in [1.165, 1.54) is 12.1 Å². The van der Waals surface area contributed by atoms with Crippen molar-refractivity contribution in [3.63, 3.8) is 0 Å². The van der Waals surface area contributed by atoms with Gasteiger partial charge in [0.25, 0.3) is 0 Å². The summed E-state index contributed by atoms with van der Waals surface area (Å²) in [6, 6.07) is 9.35. The van der Waals surface area contributed by atoms with Gasteiger partial charge in [-0.25, -0.2) is 9.18 Å². The molecule has 0 aliphatic carbocycles. The predicted molar refractivity (Wildman–Crippen MR) is 81.9 cm³/mol. The zero-order valence-electron chi connectivity index (χ0n) is 12.3. The molecular weight excluding hydrogens is 285 g/mol. The molecule has 5 nitrogen and oxygen atoms in total. The lowest BCUT2D eigenvalue weighted by atomic mass is 10.2. The van der Waals surface area contributed by atoms with Crippen LogP contribution in [-0.2, 0) is 11.3 Å². The first-order chi connectivity index (χ1) is 10.7. The number of amides is 2. The highest BCUT2D eigenvalue weighted by Gasteiger charge is 2.15. The van der Waals surface area contributed by atoms with Crippen LogP contribution < -0.4 is 5.32 Å². The van der Waals surface area contributed by atoms with Crippen LogP contribution in [0.5, 0.6) is 0 Å². The molecule has 1 N–H and O–H groups in total. The van der Waals surface area contributed by atoms with Crippen LogP contribution in [0.4, 0.5) is 14.9 Å². The highest BCUT2D eigenvalue weighted by molar-refractivity contribution is 5.89. The van der Waals surface area contributed by atoms with E-state index in [1.54, 1.807) is 36.5 Å². The van der Waals surface area contributed by atoms with Crippen molar-refractivity contribution in [1.82, 2.24) is 9.88 Å². The first-order valence-corrected chi connectivity index (χ1v) is 6.89. The van der Waals surface area contributed by atoms with Crippen LogP contribution >= 0.6 is 0 Å². The number of para-hydroxylation sites is 1. The third-order valence-corrected chi connectivity index (χ3v) is 3.09. The van der Waals surface area contributed by atoms with E-state index < -0.39 is 5.82 Å². The largest absolute Gasteiger partial charge is 0.383 e. The molecule has 2 rings (SSSR count). The van der Waals surface area contributed by atoms with E-state index in [0.717, 1.165) is 5.56 Å². The SMILES string of the molecule is COCCN(Cc1ccncc1)C(=O)Nc1ccccc1F. The molecule has 2 aromatic rings. The zero-order valence-corrected chi connectivity index (χ0v) is 12.3. The molecule has 0 spiro atoms. The molecule has 6 heteroatoms. The van der Waals surface area contributed by atoms with E-state index >= 15 is 0 Å². The van der Waals surface area contributed by atoms with E-state index in [4.69, 9.17) is 4.74 Å². The summed E-state index contributed by atoms with van der Waals surface area (Å²) >= 11 is 0. The van der Waals surface area contributed by atoms with Crippen LogP contribution in [0.25, 0.3) is 0 Å². The monoisotopic (exact) mass is 303 g/mol. The summed E-state index contributed by atoms with van der Waals surface area (Å²) in [7, 11) is 1.57. The minimum atomic E-state index is -0.466. The quantitative estimate of drug-likeness (QED) is 0.892. The molecule has 0 aliphatic rings. The number of nitrogens with one attached hydrogen (secondary N) is 1. The second kappa shape index (κ2) is 8.09. The molecule has 22 heavy (non-hydrogen) atoms. The molecule has 1 aromatic heterocycles. The van der Waals surface area contributed by atoms with E-state index in [-0.39, 0.29) is 11.7 Å². The zero-order chi connectivity index (χ0) is 15.8. The number of carbonyl (C=O) groups is 1. The maximum absolute atomic E-state index is 13.6. The van der Waals surface area contributed by atoms with Crippen molar-refractivity contribution in [2.45, 2.75) is 6.54 Å². The maximum Gasteiger partial charge on any atom is 0.322 e. The van der Waals surface area contributed by atoms with E-state index in [1.807, 2.05) is 12.1 Å². The Morgan fingerprint density at radius 2 is 2.00 bits per heavy atom. The van der Waals surface area contributed by atoms with Crippen LogP contribution in [0, 0.1) is 5.82 Å². The third kappa shape index (κ3) is 4.53. The molecule has 0 unspecified atom stereocenters. The number of urea groups is 1. The number of pyridine rings is 1. The number of hydrogen-bond donors (Lipinski definition) is 1. The second-order valence-electron chi connectivity index (χ2n) is 4.68. The molecule has 0 radical (unpaired) electrons. The first-order valence-electron chi connectivity index (χ1n) is 6.89. The van der Waals surface area contributed by atoms with Gasteiger partial charge in [0, 0.05) is 32.6 Å². The summed E-state index contributed by atoms with van der Waals surface area (Å²) in [6.07, 6.45) is 3.33. The fourth-order valence-corrected chi connectivity index (χ4v) is 1.92. The average Bonchev–Trinajstić information content (AvgIpc) is 2.54. The van der Waals surface area contributed by atoms with Gasteiger partial charge in [0.15, 0.2) is 0 Å². The number of aromatic nitrogens is 1. The summed E-state index contributed by atoms with van der Waals surface area (Å²) in [6.45, 7) is 1.20. The van der Waals surface area contributed by atoms with Crippen LogP contribution in [0.2, 0.25) is 0 Å². The summed E-state index contributed by atoms with van der Waals surface area (Å²) < 4.78 is 18.7. The number of methoxy groups -OCH3 is 1. The topological polar surface area (TPSA) is 54.5 Å². The van der Waals surface area contributed by atoms with Gasteiger partial charge < -0.3 is 15.0 Å². The third-order valence-electron chi connectivity index (χ3n) is 3.09. The van der Waals surface area contributed by atoms with Crippen LogP contribution in [0.1, 0.15) is 5.56 Å². The van der Waals surface area contributed by atoms with Gasteiger partial charge in [0.1, 0.15) is 5.82 Å². The first kappa shape index (κ1) is 15.9. The van der Waals surface area contributed by atoms with E-state index in [2.05, 4.69) is 10.3 Å². The molecule has 0 aliphatic heterocycles. The van der Waals surface area contributed by atoms with Crippen molar-refractivity contribution in [3.05, 3.63) is 60.2 Å². The lowest BCUT2D eigenvalue weighted by Crippen LogP contribution is -2.37. The number of benzene rings is 1. The van der Waals surface area contributed by atoms with Crippen molar-refractivity contribution >= 4 is 11.7 Å². The number of nitrogens with zero attached hydrogens (tertiary/aromatic N) is 2. The van der Waals surface area contributed by atoms with Gasteiger partial charge in [-0.2, -0.15) is 0 Å². The van der Waals surface area contributed by atoms with Gasteiger partial charge in [0.2, 0.25) is 0 Å². The normalized spacial score (nSPS) is 10.3. The fourth-order valence-electron chi connectivity index (χ4n) is 1.92. The Bertz CT molecular complexity index is 607. The molecule has 2 amide bonds. The number of rotatable bonds is 6. The summed E-state index contributed by atoms with van der Waals surface area (Å²) in [5.74, 6) is -0.466. The molecule has 0 bridgehead atoms. The van der Waals surface area contributed by atoms with Gasteiger partial charge in [-0.3, -0.25) is 4.98 Å². The number of ether oxygens (including phenoxy) is 1. The number of carbonyl (C=O) groups excluding carboxylic acids is 1. The van der Waals surface area contributed by atoms with Gasteiger partial charge in [-0.05, 0) is 29.8 Å². The van der Waals surface area contributed by atoms with E-state index in [0.29, 0.717) is 19.7 Å². The van der Waals surface area contributed by atoms with Crippen LogP contribution in [-0.4, -0.2) is 36.2 Å². The number of hydrogen-bond acceptors (Lipinski definition) is 3. The highest BCUT2D eigenvalue weighted by atomic mass is 19.1. The Balaban J connectivity index is 2.07. The minimum Gasteiger partial charge on any atom is -0.383 e. The predicted octanol–water partition coefficient (Wildman–Crippen LogP) is 2.90. The van der Waals surface area contributed by atoms with Crippen LogP contribution in [0.15, 0.2) is 48.8 Å². The highest BCUT2D eigenvalue weighted by Crippen LogP contribution is 2.14. The van der Waals surface area contributed by atoms with Gasteiger partial charge in [-0.15, -0.1) is 0 Å². The summed E-state index contributed by atoms with van der Waals surface area (Å²) in [5.41, 5.74) is 1.10. The van der Waals surface area contributed by atoms with Crippen molar-refractivity contribution in [2.75, 3.05) is 25.6 Å². The summed E-state index contributed by atoms with van der Waals surface area (Å²) in [4.78, 5) is 17.9. The number of anilines is 1. The van der Waals surface area contributed by atoms with Gasteiger partial charge in [0.05, 0.1) is 12.3 Å². The fraction of sp³-hybridized carbons (Fsp3) is 0.250. The Hall–Kier alpha value is -2.47. The molecule has 116 valence electrons. The maximum atomic E-state index is 13.6. The lowest BCUT2D eigenvalue weighted by molar-refractivity contribution is 0.152. The van der Waals surface area contributed by atoms with Gasteiger partial charge in [-0.1, -0.05) is 12.1 Å². The smallest absolute Gasteiger partial charge is 0.322 e. The van der Waals surface area contributed by atoms with Gasteiger partial charge >= 0.3 is 6.03 Å². The Labute approximate surface area is 128 Å².